The highest BCUT2D eigenvalue weighted by molar-refractivity contribution is 7.89. The zero-order valence-corrected chi connectivity index (χ0v) is 20.8. The fourth-order valence-corrected chi connectivity index (χ4v) is 6.70. The quantitative estimate of drug-likeness (QED) is 0.587. The molecule has 2 aliphatic heterocycles. The third-order valence-corrected chi connectivity index (χ3v) is 8.98. The monoisotopic (exact) mass is 491 g/mol. The summed E-state index contributed by atoms with van der Waals surface area (Å²) in [7, 11) is -3.68. The Bertz CT molecular complexity index is 1190. The van der Waals surface area contributed by atoms with Crippen LogP contribution in [0.4, 0.5) is 4.39 Å². The molecule has 184 valence electrons. The van der Waals surface area contributed by atoms with Crippen molar-refractivity contribution in [3.8, 4) is 5.75 Å². The molecule has 1 fully saturated rings. The molecule has 0 spiro atoms. The number of fused-ring (bicyclic) bond motifs is 1. The van der Waals surface area contributed by atoms with E-state index in [2.05, 4.69) is 0 Å². The summed E-state index contributed by atoms with van der Waals surface area (Å²) in [6.45, 7) is 8.16. The Morgan fingerprint density at radius 2 is 1.74 bits per heavy atom. The van der Waals surface area contributed by atoms with Gasteiger partial charge in [0.25, 0.3) is 0 Å². The van der Waals surface area contributed by atoms with E-state index >= 15 is 0 Å². The van der Waals surface area contributed by atoms with Gasteiger partial charge >= 0.3 is 5.97 Å². The van der Waals surface area contributed by atoms with E-state index in [4.69, 9.17) is 14.2 Å². The Kier molecular flexibility index (Phi) is 6.98. The Morgan fingerprint density at radius 3 is 2.38 bits per heavy atom. The molecule has 0 bridgehead atoms. The second-order valence-electron chi connectivity index (χ2n) is 9.04. The van der Waals surface area contributed by atoms with E-state index in [-0.39, 0.29) is 33.1 Å². The maximum Gasteiger partial charge on any atom is 0.309 e. The predicted molar refractivity (Wildman–Crippen MR) is 123 cm³/mol. The third-order valence-electron chi connectivity index (χ3n) is 6.80. The van der Waals surface area contributed by atoms with E-state index in [1.54, 1.807) is 0 Å². The molecule has 2 heterocycles. The topological polar surface area (TPSA) is 82.1 Å². The van der Waals surface area contributed by atoms with E-state index in [0.717, 1.165) is 22.3 Å². The van der Waals surface area contributed by atoms with Crippen LogP contribution in [0.5, 0.6) is 5.75 Å². The number of aryl methyl sites for hydroxylation is 2. The highest BCUT2D eigenvalue weighted by Crippen LogP contribution is 2.33. The van der Waals surface area contributed by atoms with Crippen LogP contribution in [-0.4, -0.2) is 38.6 Å². The van der Waals surface area contributed by atoms with Gasteiger partial charge in [0.1, 0.15) is 18.2 Å². The summed E-state index contributed by atoms with van der Waals surface area (Å²) in [5.74, 6) is -0.794. The first-order valence-corrected chi connectivity index (χ1v) is 12.8. The highest BCUT2D eigenvalue weighted by atomic mass is 32.2. The summed E-state index contributed by atoms with van der Waals surface area (Å²) in [6.07, 6.45) is 0.735. The van der Waals surface area contributed by atoms with Crippen molar-refractivity contribution in [1.82, 2.24) is 4.31 Å². The summed E-state index contributed by atoms with van der Waals surface area (Å²) in [4.78, 5) is 13.1. The number of carbonyl (C=O) groups excluding carboxylic acids is 1. The standard InChI is InChI=1S/C25H30FNO6S/c1-15-9-16(2)18(4)24(17(15)3)34(29,30)27-7-5-19(6-8-27)25(28)32-13-21-11-22(26)10-20-12-31-14-33-23(20)21/h9-11,19H,5-8,12-14H2,1-4H3. The summed E-state index contributed by atoms with van der Waals surface area (Å²) in [5, 5.41) is 0. The van der Waals surface area contributed by atoms with Crippen molar-refractivity contribution in [2.75, 3.05) is 19.9 Å². The second kappa shape index (κ2) is 9.64. The van der Waals surface area contributed by atoms with E-state index in [1.807, 2.05) is 33.8 Å². The Hall–Kier alpha value is -2.49. The number of ether oxygens (including phenoxy) is 3. The van der Waals surface area contributed by atoms with Crippen molar-refractivity contribution in [2.45, 2.75) is 58.6 Å². The molecule has 0 unspecified atom stereocenters. The number of carbonyl (C=O) groups is 1. The minimum absolute atomic E-state index is 0.0614. The molecule has 2 aromatic rings. The van der Waals surface area contributed by atoms with Crippen molar-refractivity contribution < 1.29 is 31.8 Å². The molecule has 0 saturated carbocycles. The molecule has 2 aliphatic rings. The van der Waals surface area contributed by atoms with Gasteiger partial charge in [-0.3, -0.25) is 4.79 Å². The lowest BCUT2D eigenvalue weighted by molar-refractivity contribution is -0.151. The Labute approximate surface area is 199 Å². The van der Waals surface area contributed by atoms with Crippen LogP contribution in [0.2, 0.25) is 0 Å². The van der Waals surface area contributed by atoms with E-state index in [9.17, 15) is 17.6 Å². The van der Waals surface area contributed by atoms with Gasteiger partial charge in [-0.25, -0.2) is 12.8 Å². The molecule has 0 radical (unpaired) electrons. The van der Waals surface area contributed by atoms with Crippen molar-refractivity contribution in [1.29, 1.82) is 0 Å². The fraction of sp³-hybridized carbons (Fsp3) is 0.480. The average molecular weight is 492 g/mol. The van der Waals surface area contributed by atoms with Gasteiger partial charge in [-0.05, 0) is 74.9 Å². The largest absolute Gasteiger partial charge is 0.467 e. The zero-order chi connectivity index (χ0) is 24.6. The number of hydrogen-bond acceptors (Lipinski definition) is 6. The number of benzene rings is 2. The lowest BCUT2D eigenvalue weighted by Gasteiger charge is -2.31. The van der Waals surface area contributed by atoms with Crippen molar-refractivity contribution >= 4 is 16.0 Å². The van der Waals surface area contributed by atoms with Crippen LogP contribution in [0.25, 0.3) is 0 Å². The number of halogens is 1. The first kappa shape index (κ1) is 24.6. The number of piperidine rings is 1. The van der Waals surface area contributed by atoms with Crippen LogP contribution in [0, 0.1) is 39.4 Å². The summed E-state index contributed by atoms with van der Waals surface area (Å²) >= 11 is 0. The average Bonchev–Trinajstić information content (AvgIpc) is 2.81. The van der Waals surface area contributed by atoms with Gasteiger partial charge in [-0.1, -0.05) is 6.07 Å². The summed E-state index contributed by atoms with van der Waals surface area (Å²) < 4.78 is 58.4. The van der Waals surface area contributed by atoms with Crippen LogP contribution in [0.3, 0.4) is 0 Å². The number of esters is 1. The fourth-order valence-electron chi connectivity index (χ4n) is 4.66. The Morgan fingerprint density at radius 1 is 1.09 bits per heavy atom. The second-order valence-corrected chi connectivity index (χ2v) is 10.9. The molecule has 4 rings (SSSR count). The van der Waals surface area contributed by atoms with E-state index in [1.165, 1.54) is 16.4 Å². The van der Waals surface area contributed by atoms with Crippen LogP contribution < -0.4 is 4.74 Å². The molecule has 34 heavy (non-hydrogen) atoms. The van der Waals surface area contributed by atoms with Crippen molar-refractivity contribution in [3.05, 3.63) is 57.4 Å². The number of hydrogen-bond donors (Lipinski definition) is 0. The van der Waals surface area contributed by atoms with Gasteiger partial charge in [-0.15, -0.1) is 0 Å². The van der Waals surface area contributed by atoms with Crippen molar-refractivity contribution in [2.24, 2.45) is 5.92 Å². The van der Waals surface area contributed by atoms with Crippen LogP contribution in [-0.2, 0) is 37.5 Å². The first-order valence-electron chi connectivity index (χ1n) is 11.4. The smallest absolute Gasteiger partial charge is 0.309 e. The first-order chi connectivity index (χ1) is 16.1. The molecule has 0 aromatic heterocycles. The van der Waals surface area contributed by atoms with Gasteiger partial charge in [-0.2, -0.15) is 4.31 Å². The lowest BCUT2D eigenvalue weighted by Crippen LogP contribution is -2.41. The van der Waals surface area contributed by atoms with Gasteiger partial charge < -0.3 is 14.2 Å². The number of sulfonamides is 1. The van der Waals surface area contributed by atoms with E-state index in [0.29, 0.717) is 34.6 Å². The van der Waals surface area contributed by atoms with Gasteiger partial charge in [0.15, 0.2) is 6.79 Å². The molecule has 7 nitrogen and oxygen atoms in total. The molecule has 9 heteroatoms. The van der Waals surface area contributed by atoms with Gasteiger partial charge in [0.2, 0.25) is 10.0 Å². The van der Waals surface area contributed by atoms with Crippen molar-refractivity contribution in [3.63, 3.8) is 0 Å². The Balaban J connectivity index is 1.41. The predicted octanol–water partition coefficient (Wildman–Crippen LogP) is 4.07. The summed E-state index contributed by atoms with van der Waals surface area (Å²) in [5.41, 5.74) is 4.43. The molecule has 0 N–H and O–H groups in total. The normalized spacial score (nSPS) is 17.2. The molecule has 0 aliphatic carbocycles. The molecular weight excluding hydrogens is 461 g/mol. The zero-order valence-electron chi connectivity index (χ0n) is 19.9. The third kappa shape index (κ3) is 4.69. The molecule has 1 saturated heterocycles. The minimum Gasteiger partial charge on any atom is -0.467 e. The van der Waals surface area contributed by atoms with Gasteiger partial charge in [0, 0.05) is 24.2 Å². The summed E-state index contributed by atoms with van der Waals surface area (Å²) in [6, 6.07) is 4.63. The lowest BCUT2D eigenvalue weighted by atomic mass is 9.98. The van der Waals surface area contributed by atoms with E-state index < -0.39 is 27.7 Å². The SMILES string of the molecule is Cc1cc(C)c(C)c(S(=O)(=O)N2CCC(C(=O)OCc3cc(F)cc4c3OCOC4)CC2)c1C. The number of rotatable bonds is 5. The molecule has 0 atom stereocenters. The molecule has 0 amide bonds. The maximum absolute atomic E-state index is 13.9. The number of nitrogens with zero attached hydrogens (tertiary/aromatic N) is 1. The van der Waals surface area contributed by atoms with Crippen LogP contribution in [0.15, 0.2) is 23.1 Å². The minimum atomic E-state index is -3.68. The van der Waals surface area contributed by atoms with Crippen LogP contribution in [0.1, 0.15) is 46.2 Å². The maximum atomic E-state index is 13.9. The molecular formula is C25H30FNO6S. The van der Waals surface area contributed by atoms with Gasteiger partial charge in [0.05, 0.1) is 17.4 Å². The molecule has 2 aromatic carbocycles. The van der Waals surface area contributed by atoms with Crippen LogP contribution >= 0.6 is 0 Å². The highest BCUT2D eigenvalue weighted by Gasteiger charge is 2.35.